The van der Waals surface area contributed by atoms with Crippen LogP contribution in [0, 0.1) is 0 Å². The Morgan fingerprint density at radius 1 is 1.25 bits per heavy atom. The number of ether oxygens (including phenoxy) is 1. The van der Waals surface area contributed by atoms with Gasteiger partial charge in [0.15, 0.2) is 0 Å². The van der Waals surface area contributed by atoms with Crippen LogP contribution in [0.15, 0.2) is 0 Å². The molecular formula is C7H11F5N2O2. The predicted octanol–water partition coefficient (Wildman–Crippen LogP) is 1.13. The summed E-state index contributed by atoms with van der Waals surface area (Å²) in [6.45, 7) is -2.55. The molecule has 9 heteroatoms. The van der Waals surface area contributed by atoms with E-state index in [9.17, 15) is 26.7 Å². The van der Waals surface area contributed by atoms with Crippen molar-refractivity contribution in [1.29, 1.82) is 0 Å². The number of alkyl halides is 5. The first kappa shape index (κ1) is 14.9. The second-order valence-electron chi connectivity index (χ2n) is 2.69. The number of rotatable bonds is 6. The van der Waals surface area contributed by atoms with Crippen LogP contribution in [0.1, 0.15) is 0 Å². The highest BCUT2D eigenvalue weighted by Crippen LogP contribution is 2.11. The molecule has 0 rings (SSSR count). The van der Waals surface area contributed by atoms with E-state index in [1.807, 2.05) is 5.32 Å². The lowest BCUT2D eigenvalue weighted by Crippen LogP contribution is -2.41. The molecule has 0 radical (unpaired) electrons. The minimum Gasteiger partial charge on any atom is -0.374 e. The molecule has 0 saturated carbocycles. The Labute approximate surface area is 88.1 Å². The summed E-state index contributed by atoms with van der Waals surface area (Å²) in [7, 11) is 0. The number of hydrogen-bond acceptors (Lipinski definition) is 2. The van der Waals surface area contributed by atoms with Crippen LogP contribution >= 0.6 is 0 Å². The number of carbonyl (C=O) groups excluding carboxylic acids is 1. The second-order valence-corrected chi connectivity index (χ2v) is 2.69. The van der Waals surface area contributed by atoms with Gasteiger partial charge in [-0.05, 0) is 0 Å². The number of amides is 2. The fraction of sp³-hybridized carbons (Fsp3) is 0.857. The van der Waals surface area contributed by atoms with Gasteiger partial charge in [-0.15, -0.1) is 0 Å². The molecule has 0 aliphatic heterocycles. The van der Waals surface area contributed by atoms with Crippen LogP contribution in [0.25, 0.3) is 0 Å². The number of nitrogens with one attached hydrogen (secondary N) is 2. The molecule has 2 N–H and O–H groups in total. The lowest BCUT2D eigenvalue weighted by molar-refractivity contribution is -0.122. The maximum Gasteiger partial charge on any atom is 0.405 e. The molecule has 0 aromatic heterocycles. The van der Waals surface area contributed by atoms with Crippen LogP contribution in [0.2, 0.25) is 0 Å². The van der Waals surface area contributed by atoms with Crippen LogP contribution in [-0.2, 0) is 4.74 Å². The lowest BCUT2D eigenvalue weighted by Gasteiger charge is -2.09. The van der Waals surface area contributed by atoms with Gasteiger partial charge in [0, 0.05) is 6.54 Å². The second kappa shape index (κ2) is 7.20. The highest BCUT2D eigenvalue weighted by molar-refractivity contribution is 5.73. The summed E-state index contributed by atoms with van der Waals surface area (Å²) in [5, 5.41) is 3.55. The summed E-state index contributed by atoms with van der Waals surface area (Å²) in [6, 6.07) is -1.03. The molecule has 0 heterocycles. The summed E-state index contributed by atoms with van der Waals surface area (Å²) >= 11 is 0. The van der Waals surface area contributed by atoms with E-state index < -0.39 is 31.8 Å². The van der Waals surface area contributed by atoms with Crippen LogP contribution in [0.4, 0.5) is 26.7 Å². The van der Waals surface area contributed by atoms with E-state index in [1.165, 1.54) is 0 Å². The Kier molecular flexibility index (Phi) is 6.70. The van der Waals surface area contributed by atoms with Crippen LogP contribution in [0.5, 0.6) is 0 Å². The van der Waals surface area contributed by atoms with Gasteiger partial charge in [-0.2, -0.15) is 13.2 Å². The Morgan fingerprint density at radius 2 is 1.88 bits per heavy atom. The molecule has 0 aliphatic rings. The van der Waals surface area contributed by atoms with Crippen LogP contribution in [0.3, 0.4) is 0 Å². The molecule has 4 nitrogen and oxygen atoms in total. The topological polar surface area (TPSA) is 50.4 Å². The molecule has 96 valence electrons. The van der Waals surface area contributed by atoms with Crippen LogP contribution in [-0.4, -0.2) is 44.9 Å². The van der Waals surface area contributed by atoms with Crippen molar-refractivity contribution in [2.24, 2.45) is 0 Å². The SMILES string of the molecule is O=C(NCCOCC(F)F)NCC(F)(F)F. The molecule has 0 unspecified atom stereocenters. The first-order chi connectivity index (χ1) is 7.31. The van der Waals surface area contributed by atoms with Crippen LogP contribution < -0.4 is 10.6 Å². The normalized spacial score (nSPS) is 11.6. The van der Waals surface area contributed by atoms with Gasteiger partial charge in [0.2, 0.25) is 0 Å². The summed E-state index contributed by atoms with van der Waals surface area (Å²) in [4.78, 5) is 10.7. The van der Waals surface area contributed by atoms with Crippen molar-refractivity contribution >= 4 is 6.03 Å². The molecule has 2 amide bonds. The first-order valence-corrected chi connectivity index (χ1v) is 4.25. The van der Waals surface area contributed by atoms with E-state index in [4.69, 9.17) is 0 Å². The largest absolute Gasteiger partial charge is 0.405 e. The van der Waals surface area contributed by atoms with Crippen molar-refractivity contribution in [3.05, 3.63) is 0 Å². The van der Waals surface area contributed by atoms with E-state index in [2.05, 4.69) is 4.74 Å². The van der Waals surface area contributed by atoms with Crippen molar-refractivity contribution in [3.8, 4) is 0 Å². The van der Waals surface area contributed by atoms with Gasteiger partial charge in [-0.1, -0.05) is 0 Å². The molecule has 0 atom stereocenters. The number of urea groups is 1. The predicted molar refractivity (Wildman–Crippen MR) is 44.3 cm³/mol. The Bertz CT molecular complexity index is 209. The summed E-state index contributed by atoms with van der Waals surface area (Å²) in [5.74, 6) is 0. The fourth-order valence-corrected chi connectivity index (χ4v) is 0.652. The molecule has 0 bridgehead atoms. The summed E-state index contributed by atoms with van der Waals surface area (Å²) in [5.41, 5.74) is 0. The molecule has 0 aromatic rings. The average Bonchev–Trinajstić information content (AvgIpc) is 2.12. The smallest absolute Gasteiger partial charge is 0.374 e. The molecular weight excluding hydrogens is 239 g/mol. The minimum atomic E-state index is -4.48. The van der Waals surface area contributed by atoms with Crippen molar-refractivity contribution in [2.45, 2.75) is 12.6 Å². The van der Waals surface area contributed by atoms with Gasteiger partial charge in [-0.25, -0.2) is 13.6 Å². The summed E-state index contributed by atoms with van der Waals surface area (Å²) in [6.07, 6.45) is -7.09. The standard InChI is InChI=1S/C7H11F5N2O2/c8-5(9)3-16-2-1-13-6(15)14-4-7(10,11)12/h5H,1-4H2,(H2,13,14,15). The molecule has 0 fully saturated rings. The Balaban J connectivity index is 3.38. The zero-order valence-electron chi connectivity index (χ0n) is 8.11. The zero-order valence-corrected chi connectivity index (χ0v) is 8.11. The monoisotopic (exact) mass is 250 g/mol. The van der Waals surface area contributed by atoms with E-state index in [0.29, 0.717) is 0 Å². The number of hydrogen-bond donors (Lipinski definition) is 2. The summed E-state index contributed by atoms with van der Waals surface area (Å²) < 4.78 is 62.2. The van der Waals surface area contributed by atoms with Crippen molar-refractivity contribution < 1.29 is 31.5 Å². The first-order valence-electron chi connectivity index (χ1n) is 4.25. The van der Waals surface area contributed by atoms with Gasteiger partial charge in [-0.3, -0.25) is 0 Å². The molecule has 16 heavy (non-hydrogen) atoms. The van der Waals surface area contributed by atoms with E-state index in [1.54, 1.807) is 5.32 Å². The third-order valence-corrected chi connectivity index (χ3v) is 1.23. The number of halogens is 5. The fourth-order valence-electron chi connectivity index (χ4n) is 0.652. The highest BCUT2D eigenvalue weighted by Gasteiger charge is 2.27. The quantitative estimate of drug-likeness (QED) is 0.548. The average molecular weight is 250 g/mol. The van der Waals surface area contributed by atoms with Gasteiger partial charge < -0.3 is 15.4 Å². The lowest BCUT2D eigenvalue weighted by atomic mass is 10.6. The molecule has 0 aromatic carbocycles. The van der Waals surface area contributed by atoms with Gasteiger partial charge >= 0.3 is 12.2 Å². The minimum absolute atomic E-state index is 0.142. The zero-order chi connectivity index (χ0) is 12.6. The Morgan fingerprint density at radius 3 is 2.38 bits per heavy atom. The van der Waals surface area contributed by atoms with Gasteiger partial charge in [0.05, 0.1) is 6.61 Å². The third kappa shape index (κ3) is 11.0. The van der Waals surface area contributed by atoms with E-state index in [0.717, 1.165) is 0 Å². The van der Waals surface area contributed by atoms with Crippen molar-refractivity contribution in [2.75, 3.05) is 26.3 Å². The molecule has 0 spiro atoms. The maximum absolute atomic E-state index is 11.6. The van der Waals surface area contributed by atoms with E-state index in [-0.39, 0.29) is 13.2 Å². The Hall–Kier alpha value is -1.12. The van der Waals surface area contributed by atoms with Crippen molar-refractivity contribution in [1.82, 2.24) is 10.6 Å². The molecule has 0 saturated heterocycles. The van der Waals surface area contributed by atoms with Crippen molar-refractivity contribution in [3.63, 3.8) is 0 Å². The third-order valence-electron chi connectivity index (χ3n) is 1.23. The number of carbonyl (C=O) groups is 1. The highest BCUT2D eigenvalue weighted by atomic mass is 19.4. The van der Waals surface area contributed by atoms with E-state index >= 15 is 0 Å². The van der Waals surface area contributed by atoms with Gasteiger partial charge in [0.25, 0.3) is 6.43 Å². The maximum atomic E-state index is 11.6. The molecule has 0 aliphatic carbocycles. The van der Waals surface area contributed by atoms with Gasteiger partial charge in [0.1, 0.15) is 13.2 Å².